The van der Waals surface area contributed by atoms with Crippen molar-refractivity contribution in [3.8, 4) is 11.5 Å². The van der Waals surface area contributed by atoms with Crippen molar-refractivity contribution in [3.05, 3.63) is 59.1 Å². The van der Waals surface area contributed by atoms with Crippen LogP contribution in [0.3, 0.4) is 0 Å². The van der Waals surface area contributed by atoms with Crippen molar-refractivity contribution < 1.29 is 32.2 Å². The lowest BCUT2D eigenvalue weighted by Crippen LogP contribution is -2.21. The zero-order valence-corrected chi connectivity index (χ0v) is 19.0. The van der Waals surface area contributed by atoms with E-state index in [4.69, 9.17) is 14.2 Å². The predicted octanol–water partition coefficient (Wildman–Crippen LogP) is 2.82. The summed E-state index contributed by atoms with van der Waals surface area (Å²) in [5, 5.41) is 4.74. The van der Waals surface area contributed by atoms with E-state index in [0.29, 0.717) is 29.8 Å². The second-order valence-electron chi connectivity index (χ2n) is 6.91. The molecule has 1 amide bonds. The number of carbonyl (C=O) groups is 2. The first kappa shape index (κ1) is 22.6. The minimum atomic E-state index is -3.89. The molecular weight excluding hydrogens is 470 g/mol. The first-order chi connectivity index (χ1) is 15.8. The van der Waals surface area contributed by atoms with Gasteiger partial charge in [-0.15, -0.1) is 11.3 Å². The first-order valence-corrected chi connectivity index (χ1v) is 12.1. The average Bonchev–Trinajstić information content (AvgIpc) is 3.21. The van der Waals surface area contributed by atoms with Gasteiger partial charge in [0.15, 0.2) is 23.2 Å². The molecule has 3 aromatic rings. The molecule has 2 heterocycles. The van der Waals surface area contributed by atoms with Gasteiger partial charge in [0.1, 0.15) is 13.2 Å². The maximum absolute atomic E-state index is 12.7. The van der Waals surface area contributed by atoms with Crippen molar-refractivity contribution in [1.29, 1.82) is 0 Å². The molecule has 10 nitrogen and oxygen atoms in total. The summed E-state index contributed by atoms with van der Waals surface area (Å²) in [6.45, 7) is 2.07. The van der Waals surface area contributed by atoms with Crippen LogP contribution in [0, 0.1) is 6.92 Å². The second kappa shape index (κ2) is 9.46. The van der Waals surface area contributed by atoms with Crippen LogP contribution in [0.15, 0.2) is 52.7 Å². The average molecular weight is 490 g/mol. The van der Waals surface area contributed by atoms with Crippen LogP contribution >= 0.6 is 11.3 Å². The van der Waals surface area contributed by atoms with Gasteiger partial charge >= 0.3 is 5.97 Å². The summed E-state index contributed by atoms with van der Waals surface area (Å²) >= 11 is 1.27. The van der Waals surface area contributed by atoms with Crippen LogP contribution in [0.5, 0.6) is 11.5 Å². The van der Waals surface area contributed by atoms with E-state index in [0.717, 1.165) is 5.69 Å². The normalized spacial score (nSPS) is 12.6. The second-order valence-corrected chi connectivity index (χ2v) is 9.45. The standard InChI is InChI=1S/C21H19N3O7S2/c1-13-12-32-21(22-13)23-19(25)11-31-20(26)14-2-4-15(5-3-14)24-33(27,28)16-6-7-17-18(10-16)30-9-8-29-17/h2-7,10,12,24H,8-9,11H2,1H3,(H,22,23,25). The van der Waals surface area contributed by atoms with Gasteiger partial charge in [0.05, 0.1) is 16.2 Å². The monoisotopic (exact) mass is 489 g/mol. The third kappa shape index (κ3) is 5.59. The molecule has 0 aliphatic carbocycles. The fraction of sp³-hybridized carbons (Fsp3) is 0.190. The molecule has 2 aromatic carbocycles. The number of hydrogen-bond acceptors (Lipinski definition) is 9. The van der Waals surface area contributed by atoms with Gasteiger partial charge in [-0.05, 0) is 43.3 Å². The number of aromatic nitrogens is 1. The number of benzene rings is 2. The molecule has 0 saturated carbocycles. The van der Waals surface area contributed by atoms with Crippen molar-refractivity contribution in [2.75, 3.05) is 29.9 Å². The number of hydrogen-bond donors (Lipinski definition) is 2. The summed E-state index contributed by atoms with van der Waals surface area (Å²) in [6.07, 6.45) is 0. The number of sulfonamides is 1. The number of rotatable bonds is 7. The van der Waals surface area contributed by atoms with Gasteiger partial charge in [0, 0.05) is 17.1 Å². The van der Waals surface area contributed by atoms with Gasteiger partial charge in [-0.25, -0.2) is 18.2 Å². The highest BCUT2D eigenvalue weighted by Gasteiger charge is 2.20. The fourth-order valence-electron chi connectivity index (χ4n) is 2.86. The van der Waals surface area contributed by atoms with Crippen LogP contribution in [0.4, 0.5) is 10.8 Å². The number of carbonyl (C=O) groups excluding carboxylic acids is 2. The van der Waals surface area contributed by atoms with Crippen LogP contribution in [0.25, 0.3) is 0 Å². The Balaban J connectivity index is 1.34. The predicted molar refractivity (Wildman–Crippen MR) is 120 cm³/mol. The van der Waals surface area contributed by atoms with Crippen LogP contribution in [0.1, 0.15) is 16.1 Å². The summed E-state index contributed by atoms with van der Waals surface area (Å²) in [5.41, 5.74) is 1.19. The maximum Gasteiger partial charge on any atom is 0.338 e. The number of amides is 1. The number of nitrogens with zero attached hydrogens (tertiary/aromatic N) is 1. The topological polar surface area (TPSA) is 133 Å². The molecule has 0 bridgehead atoms. The smallest absolute Gasteiger partial charge is 0.338 e. The molecule has 2 N–H and O–H groups in total. The highest BCUT2D eigenvalue weighted by Crippen LogP contribution is 2.32. The lowest BCUT2D eigenvalue weighted by Gasteiger charge is -2.19. The summed E-state index contributed by atoms with van der Waals surface area (Å²) < 4.78 is 43.6. The van der Waals surface area contributed by atoms with Crippen molar-refractivity contribution in [1.82, 2.24) is 4.98 Å². The van der Waals surface area contributed by atoms with Crippen molar-refractivity contribution in [2.24, 2.45) is 0 Å². The molecule has 172 valence electrons. The van der Waals surface area contributed by atoms with E-state index in [1.807, 2.05) is 0 Å². The fourth-order valence-corrected chi connectivity index (χ4v) is 4.64. The van der Waals surface area contributed by atoms with E-state index >= 15 is 0 Å². The molecule has 0 radical (unpaired) electrons. The number of ether oxygens (including phenoxy) is 3. The molecule has 0 fully saturated rings. The quantitative estimate of drug-likeness (QED) is 0.484. The Bertz CT molecular complexity index is 1290. The van der Waals surface area contributed by atoms with Crippen molar-refractivity contribution >= 4 is 44.1 Å². The number of anilines is 2. The third-order valence-corrected chi connectivity index (χ3v) is 6.65. The third-order valence-electron chi connectivity index (χ3n) is 4.40. The molecule has 33 heavy (non-hydrogen) atoms. The molecule has 1 aliphatic rings. The highest BCUT2D eigenvalue weighted by atomic mass is 32.2. The van der Waals surface area contributed by atoms with E-state index < -0.39 is 28.5 Å². The Hall–Kier alpha value is -3.64. The van der Waals surface area contributed by atoms with Crippen LogP contribution in [0.2, 0.25) is 0 Å². The summed E-state index contributed by atoms with van der Waals surface area (Å²) in [5.74, 6) is -0.391. The molecule has 12 heteroatoms. The molecule has 1 aromatic heterocycles. The molecular formula is C21H19N3O7S2. The minimum Gasteiger partial charge on any atom is -0.486 e. The first-order valence-electron chi connectivity index (χ1n) is 9.72. The van der Waals surface area contributed by atoms with Crippen molar-refractivity contribution in [3.63, 3.8) is 0 Å². The number of thiazole rings is 1. The van der Waals surface area contributed by atoms with Gasteiger partial charge in [-0.1, -0.05) is 0 Å². The largest absolute Gasteiger partial charge is 0.486 e. The molecule has 0 spiro atoms. The Labute approximate surface area is 193 Å². The van der Waals surface area contributed by atoms with Crippen LogP contribution in [-0.4, -0.2) is 45.1 Å². The highest BCUT2D eigenvalue weighted by molar-refractivity contribution is 7.92. The van der Waals surface area contributed by atoms with E-state index in [9.17, 15) is 18.0 Å². The zero-order valence-electron chi connectivity index (χ0n) is 17.4. The van der Waals surface area contributed by atoms with Gasteiger partial charge in [-0.3, -0.25) is 14.8 Å². The van der Waals surface area contributed by atoms with Gasteiger partial charge < -0.3 is 14.2 Å². The Kier molecular flexibility index (Phi) is 6.47. The summed E-state index contributed by atoms with van der Waals surface area (Å²) in [6, 6.07) is 9.97. The lowest BCUT2D eigenvalue weighted by molar-refractivity contribution is -0.119. The number of fused-ring (bicyclic) bond motifs is 1. The SMILES string of the molecule is Cc1csc(NC(=O)COC(=O)c2ccc(NS(=O)(=O)c3ccc4c(c3)OCCO4)cc2)n1. The maximum atomic E-state index is 12.7. The number of esters is 1. The van der Waals surface area contributed by atoms with E-state index in [2.05, 4.69) is 15.0 Å². The van der Waals surface area contributed by atoms with Gasteiger partial charge in [0.25, 0.3) is 15.9 Å². The number of nitrogens with one attached hydrogen (secondary N) is 2. The Morgan fingerprint density at radius 2 is 1.82 bits per heavy atom. The van der Waals surface area contributed by atoms with Gasteiger partial charge in [0.2, 0.25) is 0 Å². The molecule has 0 atom stereocenters. The van der Waals surface area contributed by atoms with Crippen molar-refractivity contribution in [2.45, 2.75) is 11.8 Å². The van der Waals surface area contributed by atoms with Crippen LogP contribution in [-0.2, 0) is 19.6 Å². The molecule has 1 aliphatic heterocycles. The van der Waals surface area contributed by atoms with E-state index in [-0.39, 0.29) is 16.1 Å². The summed E-state index contributed by atoms with van der Waals surface area (Å²) in [7, 11) is -3.89. The minimum absolute atomic E-state index is 0.0108. The Morgan fingerprint density at radius 3 is 2.52 bits per heavy atom. The summed E-state index contributed by atoms with van der Waals surface area (Å²) in [4.78, 5) is 28.2. The van der Waals surface area contributed by atoms with Crippen LogP contribution < -0.4 is 19.5 Å². The molecule has 0 saturated heterocycles. The lowest BCUT2D eigenvalue weighted by atomic mass is 10.2. The van der Waals surface area contributed by atoms with E-state index in [1.165, 1.54) is 53.8 Å². The Morgan fingerprint density at radius 1 is 1.09 bits per heavy atom. The van der Waals surface area contributed by atoms with E-state index in [1.54, 1.807) is 12.3 Å². The number of aryl methyl sites for hydroxylation is 1. The molecule has 4 rings (SSSR count). The molecule has 0 unspecified atom stereocenters. The zero-order chi connectivity index (χ0) is 23.4. The van der Waals surface area contributed by atoms with Gasteiger partial charge in [-0.2, -0.15) is 0 Å².